The van der Waals surface area contributed by atoms with Gasteiger partial charge in [-0.25, -0.2) is 4.79 Å². The maximum atomic E-state index is 11.0. The van der Waals surface area contributed by atoms with Crippen molar-refractivity contribution in [2.75, 3.05) is 26.9 Å². The van der Waals surface area contributed by atoms with Crippen LogP contribution in [0.3, 0.4) is 0 Å². The molecule has 0 spiro atoms. The average molecular weight is 267 g/mol. The molecule has 3 heterocycles. The Morgan fingerprint density at radius 1 is 1.58 bits per heavy atom. The maximum Gasteiger partial charge on any atom is 0.372 e. The molecule has 2 aliphatic rings. The van der Waals surface area contributed by atoms with E-state index in [0.29, 0.717) is 30.7 Å². The van der Waals surface area contributed by atoms with Gasteiger partial charge in [0.05, 0.1) is 25.6 Å². The van der Waals surface area contributed by atoms with E-state index in [-0.39, 0.29) is 11.9 Å². The molecule has 2 fully saturated rings. The minimum absolute atomic E-state index is 0.0244. The highest BCUT2D eigenvalue weighted by Gasteiger charge is 2.45. The summed E-state index contributed by atoms with van der Waals surface area (Å²) in [6.45, 7) is 2.77. The van der Waals surface area contributed by atoms with Crippen molar-refractivity contribution >= 4 is 5.97 Å². The maximum absolute atomic E-state index is 11.0. The molecular formula is C13H17NO5. The number of rotatable bonds is 4. The molecule has 1 aromatic rings. The van der Waals surface area contributed by atoms with E-state index in [1.165, 1.54) is 6.26 Å². The van der Waals surface area contributed by atoms with Crippen LogP contribution in [0.5, 0.6) is 0 Å². The smallest absolute Gasteiger partial charge is 0.372 e. The third-order valence-corrected chi connectivity index (χ3v) is 4.07. The molecule has 0 aliphatic carbocycles. The van der Waals surface area contributed by atoms with E-state index in [0.717, 1.165) is 13.2 Å². The van der Waals surface area contributed by atoms with Crippen molar-refractivity contribution in [3.63, 3.8) is 0 Å². The van der Waals surface area contributed by atoms with Crippen molar-refractivity contribution in [2.24, 2.45) is 5.92 Å². The van der Waals surface area contributed by atoms with Crippen molar-refractivity contribution < 1.29 is 23.8 Å². The van der Waals surface area contributed by atoms with E-state index in [1.54, 1.807) is 13.2 Å². The quantitative estimate of drug-likeness (QED) is 0.871. The predicted molar refractivity (Wildman–Crippen MR) is 65.0 cm³/mol. The number of hydrogen-bond donors (Lipinski definition) is 1. The van der Waals surface area contributed by atoms with Crippen LogP contribution in [0.2, 0.25) is 0 Å². The molecule has 0 radical (unpaired) electrons. The number of methoxy groups -OCH3 is 1. The second-order valence-corrected chi connectivity index (χ2v) is 5.05. The number of carboxylic acid groups (broad SMARTS) is 1. The van der Waals surface area contributed by atoms with Crippen LogP contribution in [0.1, 0.15) is 16.1 Å². The molecular weight excluding hydrogens is 250 g/mol. The van der Waals surface area contributed by atoms with Crippen LogP contribution in [-0.4, -0.2) is 55.0 Å². The summed E-state index contributed by atoms with van der Waals surface area (Å²) < 4.78 is 16.0. The SMILES string of the molecule is CO[C@@H]1CN(Cc2ccoc2C(=O)O)[C@H]2COC[C@@H]12. The Morgan fingerprint density at radius 2 is 2.42 bits per heavy atom. The first-order valence-electron chi connectivity index (χ1n) is 6.35. The molecule has 6 heteroatoms. The molecule has 3 rings (SSSR count). The van der Waals surface area contributed by atoms with Crippen molar-refractivity contribution in [1.82, 2.24) is 4.90 Å². The summed E-state index contributed by atoms with van der Waals surface area (Å²) in [5.74, 6) is -0.622. The molecule has 19 heavy (non-hydrogen) atoms. The lowest BCUT2D eigenvalue weighted by atomic mass is 10.0. The molecule has 3 atom stereocenters. The second-order valence-electron chi connectivity index (χ2n) is 5.05. The fraction of sp³-hybridized carbons (Fsp3) is 0.615. The van der Waals surface area contributed by atoms with Crippen LogP contribution >= 0.6 is 0 Å². The van der Waals surface area contributed by atoms with Crippen molar-refractivity contribution in [1.29, 1.82) is 0 Å². The summed E-state index contributed by atoms with van der Waals surface area (Å²) in [6.07, 6.45) is 1.58. The Labute approximate surface area is 110 Å². The topological polar surface area (TPSA) is 72.1 Å². The van der Waals surface area contributed by atoms with Gasteiger partial charge in [0, 0.05) is 37.7 Å². The van der Waals surface area contributed by atoms with Gasteiger partial charge in [0.2, 0.25) is 5.76 Å². The van der Waals surface area contributed by atoms with Crippen molar-refractivity contribution in [3.8, 4) is 0 Å². The van der Waals surface area contributed by atoms with Gasteiger partial charge in [-0.15, -0.1) is 0 Å². The Hall–Kier alpha value is -1.37. The standard InChI is InChI=1S/C13H17NO5/c1-17-11-5-14(10-7-18-6-9(10)11)4-8-2-3-19-12(8)13(15)16/h2-3,9-11H,4-7H2,1H3,(H,15,16)/t9-,10+,11-/m1/s1. The number of hydrogen-bond acceptors (Lipinski definition) is 5. The number of carbonyl (C=O) groups is 1. The van der Waals surface area contributed by atoms with Gasteiger partial charge >= 0.3 is 5.97 Å². The lowest BCUT2D eigenvalue weighted by Gasteiger charge is -2.21. The molecule has 0 unspecified atom stereocenters. The largest absolute Gasteiger partial charge is 0.475 e. The summed E-state index contributed by atoms with van der Waals surface area (Å²) in [4.78, 5) is 13.3. The number of aromatic carboxylic acids is 1. The summed E-state index contributed by atoms with van der Waals surface area (Å²) >= 11 is 0. The molecule has 1 aromatic heterocycles. The van der Waals surface area contributed by atoms with E-state index >= 15 is 0 Å². The molecule has 0 aromatic carbocycles. The van der Waals surface area contributed by atoms with Gasteiger partial charge in [-0.3, -0.25) is 4.90 Å². The minimum atomic E-state index is -1.03. The first-order valence-corrected chi connectivity index (χ1v) is 6.35. The van der Waals surface area contributed by atoms with Gasteiger partial charge in [0.25, 0.3) is 0 Å². The molecule has 1 N–H and O–H groups in total. The second kappa shape index (κ2) is 4.96. The highest BCUT2D eigenvalue weighted by atomic mass is 16.5. The summed E-state index contributed by atoms with van der Waals surface area (Å²) in [5.41, 5.74) is 0.704. The monoisotopic (exact) mass is 267 g/mol. The normalized spacial score (nSPS) is 30.7. The third-order valence-electron chi connectivity index (χ3n) is 4.07. The lowest BCUT2D eigenvalue weighted by molar-refractivity contribution is 0.0530. The zero-order chi connectivity index (χ0) is 13.4. The number of ether oxygens (including phenoxy) is 2. The van der Waals surface area contributed by atoms with Crippen LogP contribution < -0.4 is 0 Å². The van der Waals surface area contributed by atoms with E-state index in [4.69, 9.17) is 19.0 Å². The Morgan fingerprint density at radius 3 is 3.16 bits per heavy atom. The number of likely N-dealkylation sites (tertiary alicyclic amines) is 1. The van der Waals surface area contributed by atoms with E-state index in [2.05, 4.69) is 4.90 Å². The summed E-state index contributed by atoms with van der Waals surface area (Å²) in [7, 11) is 1.71. The van der Waals surface area contributed by atoms with E-state index in [9.17, 15) is 4.79 Å². The molecule has 0 amide bonds. The zero-order valence-corrected chi connectivity index (χ0v) is 10.7. The first-order chi connectivity index (χ1) is 9.20. The highest BCUT2D eigenvalue weighted by molar-refractivity contribution is 5.86. The molecule has 104 valence electrons. The third kappa shape index (κ3) is 2.16. The van der Waals surface area contributed by atoms with Crippen LogP contribution in [-0.2, 0) is 16.0 Å². The number of nitrogens with zero attached hydrogens (tertiary/aromatic N) is 1. The Bertz CT molecular complexity index is 471. The molecule has 2 saturated heterocycles. The van der Waals surface area contributed by atoms with Gasteiger partial charge in [0.1, 0.15) is 0 Å². The van der Waals surface area contributed by atoms with Gasteiger partial charge in [0.15, 0.2) is 0 Å². The zero-order valence-electron chi connectivity index (χ0n) is 10.7. The van der Waals surface area contributed by atoms with E-state index in [1.807, 2.05) is 0 Å². The van der Waals surface area contributed by atoms with E-state index < -0.39 is 5.97 Å². The summed E-state index contributed by atoms with van der Waals surface area (Å²) in [6, 6.07) is 2.02. The Kier molecular flexibility index (Phi) is 3.30. The van der Waals surface area contributed by atoms with Crippen molar-refractivity contribution in [3.05, 3.63) is 23.7 Å². The predicted octanol–water partition coefficient (Wildman–Crippen LogP) is 0.823. The summed E-state index contributed by atoms with van der Waals surface area (Å²) in [5, 5.41) is 9.05. The number of carboxylic acids is 1. The molecule has 0 saturated carbocycles. The van der Waals surface area contributed by atoms with Crippen molar-refractivity contribution in [2.45, 2.75) is 18.7 Å². The molecule has 6 nitrogen and oxygen atoms in total. The lowest BCUT2D eigenvalue weighted by Crippen LogP contribution is -2.32. The van der Waals surface area contributed by atoms with Crippen LogP contribution in [0.4, 0.5) is 0 Å². The number of fused-ring (bicyclic) bond motifs is 1. The van der Waals surface area contributed by atoms with Crippen LogP contribution in [0, 0.1) is 5.92 Å². The van der Waals surface area contributed by atoms with Gasteiger partial charge in [-0.1, -0.05) is 0 Å². The van der Waals surface area contributed by atoms with Gasteiger partial charge in [-0.2, -0.15) is 0 Å². The van der Waals surface area contributed by atoms with Crippen LogP contribution in [0.15, 0.2) is 16.7 Å². The van der Waals surface area contributed by atoms with Crippen LogP contribution in [0.25, 0.3) is 0 Å². The van der Waals surface area contributed by atoms with Gasteiger partial charge in [-0.05, 0) is 6.07 Å². The average Bonchev–Trinajstić information content (AvgIpc) is 3.06. The molecule has 0 bridgehead atoms. The fourth-order valence-corrected chi connectivity index (χ4v) is 3.09. The number of furan rings is 1. The highest BCUT2D eigenvalue weighted by Crippen LogP contribution is 2.33. The first kappa shape index (κ1) is 12.7. The Balaban J connectivity index is 1.76. The minimum Gasteiger partial charge on any atom is -0.475 e. The molecule has 2 aliphatic heterocycles. The van der Waals surface area contributed by atoms with Gasteiger partial charge < -0.3 is 19.0 Å². The fourth-order valence-electron chi connectivity index (χ4n) is 3.09.